The van der Waals surface area contributed by atoms with Gasteiger partial charge in [0, 0.05) is 16.8 Å². The van der Waals surface area contributed by atoms with Crippen LogP contribution in [-0.2, 0) is 0 Å². The second-order valence-corrected chi connectivity index (χ2v) is 8.38. The summed E-state index contributed by atoms with van der Waals surface area (Å²) in [7, 11) is 1.56. The number of rotatable bonds is 5. The number of methoxy groups -OCH3 is 1. The van der Waals surface area contributed by atoms with Crippen LogP contribution in [0.3, 0.4) is 0 Å². The third kappa shape index (κ3) is 4.16. The van der Waals surface area contributed by atoms with E-state index in [4.69, 9.17) is 25.2 Å². The minimum atomic E-state index is -0.347. The molecule has 0 aliphatic heterocycles. The molecule has 0 spiro atoms. The summed E-state index contributed by atoms with van der Waals surface area (Å²) in [4.78, 5) is 17.3. The number of hydrogen-bond acceptors (Lipinski definition) is 5. The van der Waals surface area contributed by atoms with Gasteiger partial charge in [-0.1, -0.05) is 23.7 Å². The third-order valence-corrected chi connectivity index (χ3v) is 5.96. The number of nitrogens with one attached hydrogen (secondary N) is 1. The number of carbonyl (C=O) groups is 1. The zero-order chi connectivity index (χ0) is 23.8. The summed E-state index contributed by atoms with van der Waals surface area (Å²) >= 11 is 6.22. The number of aromatic nitrogens is 1. The van der Waals surface area contributed by atoms with Gasteiger partial charge in [0.1, 0.15) is 17.0 Å². The van der Waals surface area contributed by atoms with E-state index in [1.165, 1.54) is 5.56 Å². The van der Waals surface area contributed by atoms with E-state index in [9.17, 15) is 4.79 Å². The molecule has 0 atom stereocenters. The number of aryl methyl sites for hydroxylation is 2. The molecule has 0 bridgehead atoms. The molecule has 6 nitrogen and oxygen atoms in total. The van der Waals surface area contributed by atoms with Crippen molar-refractivity contribution in [2.75, 3.05) is 12.4 Å². The number of hydrogen-bond donors (Lipinski definition) is 1. The molecule has 34 heavy (non-hydrogen) atoms. The quantitative estimate of drug-likeness (QED) is 0.290. The van der Waals surface area contributed by atoms with Gasteiger partial charge in [0.15, 0.2) is 11.3 Å². The topological polar surface area (TPSA) is 77.5 Å². The fraction of sp³-hybridized carbons (Fsp3) is 0.111. The molecular formula is C27H21ClN2O4. The number of halogens is 1. The summed E-state index contributed by atoms with van der Waals surface area (Å²) in [5.74, 6) is 1.52. The van der Waals surface area contributed by atoms with Crippen molar-refractivity contribution >= 4 is 34.3 Å². The van der Waals surface area contributed by atoms with Crippen LogP contribution in [0.15, 0.2) is 75.6 Å². The Labute approximate surface area is 201 Å². The lowest BCUT2D eigenvalue weighted by Gasteiger charge is -2.04. The maximum absolute atomic E-state index is 12.8. The van der Waals surface area contributed by atoms with Gasteiger partial charge in [0.2, 0.25) is 5.89 Å². The van der Waals surface area contributed by atoms with E-state index in [0.29, 0.717) is 39.2 Å². The Morgan fingerprint density at radius 3 is 2.50 bits per heavy atom. The zero-order valence-corrected chi connectivity index (χ0v) is 19.6. The molecule has 3 aromatic carbocycles. The summed E-state index contributed by atoms with van der Waals surface area (Å²) < 4.78 is 16.9. The van der Waals surface area contributed by atoms with Crippen LogP contribution in [0, 0.1) is 13.8 Å². The second-order valence-electron chi connectivity index (χ2n) is 7.97. The van der Waals surface area contributed by atoms with Crippen molar-refractivity contribution in [1.82, 2.24) is 4.98 Å². The Bertz CT molecular complexity index is 1530. The lowest BCUT2D eigenvalue weighted by Crippen LogP contribution is -2.10. The molecule has 0 fully saturated rings. The van der Waals surface area contributed by atoms with Crippen LogP contribution in [0.25, 0.3) is 33.9 Å². The number of fused-ring (bicyclic) bond motifs is 1. The number of amides is 1. The molecule has 170 valence electrons. The first kappa shape index (κ1) is 21.8. The van der Waals surface area contributed by atoms with Gasteiger partial charge in [0.25, 0.3) is 5.91 Å². The predicted octanol–water partition coefficient (Wildman–Crippen LogP) is 7.29. The highest BCUT2D eigenvalue weighted by molar-refractivity contribution is 6.32. The van der Waals surface area contributed by atoms with Gasteiger partial charge in [-0.15, -0.1) is 0 Å². The molecular weight excluding hydrogens is 452 g/mol. The highest BCUT2D eigenvalue weighted by Gasteiger charge is 2.15. The van der Waals surface area contributed by atoms with Gasteiger partial charge in [-0.3, -0.25) is 4.79 Å². The van der Waals surface area contributed by atoms with E-state index in [2.05, 4.69) is 17.2 Å². The molecule has 5 rings (SSSR count). The molecule has 5 aromatic rings. The highest BCUT2D eigenvalue weighted by Crippen LogP contribution is 2.32. The molecule has 2 aromatic heterocycles. The smallest absolute Gasteiger partial charge is 0.291 e. The molecule has 0 aliphatic carbocycles. The van der Waals surface area contributed by atoms with E-state index in [-0.39, 0.29) is 11.7 Å². The van der Waals surface area contributed by atoms with Crippen molar-refractivity contribution in [2.24, 2.45) is 0 Å². The Morgan fingerprint density at radius 2 is 1.74 bits per heavy atom. The lowest BCUT2D eigenvalue weighted by molar-refractivity contribution is 0.0997. The lowest BCUT2D eigenvalue weighted by atomic mass is 10.1. The fourth-order valence-corrected chi connectivity index (χ4v) is 3.89. The van der Waals surface area contributed by atoms with Crippen LogP contribution in [-0.4, -0.2) is 18.0 Å². The average Bonchev–Trinajstić information content (AvgIpc) is 3.48. The van der Waals surface area contributed by atoms with Gasteiger partial charge >= 0.3 is 0 Å². The van der Waals surface area contributed by atoms with Crippen LogP contribution < -0.4 is 10.1 Å². The van der Waals surface area contributed by atoms with Crippen molar-refractivity contribution in [3.05, 3.63) is 88.6 Å². The molecule has 0 aliphatic rings. The second kappa shape index (κ2) is 8.72. The Kier molecular flexibility index (Phi) is 5.59. The summed E-state index contributed by atoms with van der Waals surface area (Å²) in [6.45, 7) is 4.10. The number of ether oxygens (including phenoxy) is 1. The SMILES string of the molecule is COc1ccc(-c2nc3cc(NC(=O)c4ccc(-c5ccc(C)c(C)c5)o4)ccc3o2)cc1Cl. The first-order chi connectivity index (χ1) is 16.4. The third-order valence-electron chi connectivity index (χ3n) is 5.67. The van der Waals surface area contributed by atoms with Gasteiger partial charge < -0.3 is 18.9 Å². The molecule has 0 unspecified atom stereocenters. The number of anilines is 1. The standard InChI is InChI=1S/C27H21ClN2O4/c1-15-4-5-17(12-16(15)2)22-10-11-25(33-22)26(31)29-19-7-9-24-21(14-19)30-27(34-24)18-6-8-23(32-3)20(28)13-18/h4-14H,1-3H3,(H,29,31). The van der Waals surface area contributed by atoms with E-state index in [0.717, 1.165) is 16.7 Å². The predicted molar refractivity (Wildman–Crippen MR) is 133 cm³/mol. The van der Waals surface area contributed by atoms with Crippen LogP contribution in [0.1, 0.15) is 21.7 Å². The van der Waals surface area contributed by atoms with Crippen LogP contribution in [0.4, 0.5) is 5.69 Å². The van der Waals surface area contributed by atoms with Gasteiger partial charge in [0.05, 0.1) is 12.1 Å². The van der Waals surface area contributed by atoms with Gasteiger partial charge in [-0.25, -0.2) is 4.98 Å². The van der Waals surface area contributed by atoms with E-state index in [1.807, 2.05) is 31.2 Å². The Morgan fingerprint density at radius 1 is 0.912 bits per heavy atom. The van der Waals surface area contributed by atoms with E-state index >= 15 is 0 Å². The first-order valence-corrected chi connectivity index (χ1v) is 11.0. The molecule has 1 N–H and O–H groups in total. The molecule has 0 saturated carbocycles. The van der Waals surface area contributed by atoms with Gasteiger partial charge in [-0.2, -0.15) is 0 Å². The van der Waals surface area contributed by atoms with Crippen LogP contribution in [0.5, 0.6) is 5.75 Å². The Balaban J connectivity index is 1.36. The van der Waals surface area contributed by atoms with Crippen molar-refractivity contribution in [3.63, 3.8) is 0 Å². The number of oxazole rings is 1. The highest BCUT2D eigenvalue weighted by atomic mass is 35.5. The monoisotopic (exact) mass is 472 g/mol. The van der Waals surface area contributed by atoms with Crippen molar-refractivity contribution in [3.8, 4) is 28.5 Å². The van der Waals surface area contributed by atoms with E-state index in [1.54, 1.807) is 49.6 Å². The molecule has 0 radical (unpaired) electrons. The first-order valence-electron chi connectivity index (χ1n) is 10.6. The molecule has 0 saturated heterocycles. The summed E-state index contributed by atoms with van der Waals surface area (Å²) in [5, 5.41) is 3.32. The number of furan rings is 1. The fourth-order valence-electron chi connectivity index (χ4n) is 3.63. The number of benzene rings is 3. The van der Waals surface area contributed by atoms with E-state index < -0.39 is 0 Å². The van der Waals surface area contributed by atoms with Crippen molar-refractivity contribution in [2.45, 2.75) is 13.8 Å². The molecule has 7 heteroatoms. The van der Waals surface area contributed by atoms with Gasteiger partial charge in [-0.05, 0) is 79.6 Å². The number of carbonyl (C=O) groups excluding carboxylic acids is 1. The maximum Gasteiger partial charge on any atom is 0.291 e. The summed E-state index contributed by atoms with van der Waals surface area (Å²) in [6.07, 6.45) is 0. The summed E-state index contributed by atoms with van der Waals surface area (Å²) in [6, 6.07) is 20.1. The number of nitrogens with zero attached hydrogens (tertiary/aromatic N) is 1. The minimum absolute atomic E-state index is 0.224. The minimum Gasteiger partial charge on any atom is -0.495 e. The van der Waals surface area contributed by atoms with Crippen molar-refractivity contribution < 1.29 is 18.4 Å². The molecule has 2 heterocycles. The maximum atomic E-state index is 12.8. The summed E-state index contributed by atoms with van der Waals surface area (Å²) in [5.41, 5.74) is 5.80. The molecule has 1 amide bonds. The Hall–Kier alpha value is -4.03. The largest absolute Gasteiger partial charge is 0.495 e. The zero-order valence-electron chi connectivity index (χ0n) is 18.8. The van der Waals surface area contributed by atoms with Crippen molar-refractivity contribution in [1.29, 1.82) is 0 Å². The van der Waals surface area contributed by atoms with Crippen LogP contribution in [0.2, 0.25) is 5.02 Å². The van der Waals surface area contributed by atoms with Crippen LogP contribution >= 0.6 is 11.6 Å². The average molecular weight is 473 g/mol. The normalized spacial score (nSPS) is 11.1.